The summed E-state index contributed by atoms with van der Waals surface area (Å²) in [6, 6.07) is 1.99. The molecule has 3 heterocycles. The smallest absolute Gasteiger partial charge is 0.255 e. The van der Waals surface area contributed by atoms with Crippen LogP contribution in [-0.4, -0.2) is 64.4 Å². The van der Waals surface area contributed by atoms with E-state index in [2.05, 4.69) is 10.3 Å². The predicted molar refractivity (Wildman–Crippen MR) is 115 cm³/mol. The van der Waals surface area contributed by atoms with Crippen LogP contribution in [-0.2, 0) is 16.4 Å². The second kappa shape index (κ2) is 8.60. The van der Waals surface area contributed by atoms with E-state index >= 15 is 0 Å². The molecule has 1 aliphatic carbocycles. The van der Waals surface area contributed by atoms with Crippen LogP contribution in [0.4, 0.5) is 5.95 Å². The molecule has 30 heavy (non-hydrogen) atoms. The monoisotopic (exact) mass is 435 g/mol. The van der Waals surface area contributed by atoms with Crippen molar-refractivity contribution in [2.24, 2.45) is 0 Å². The molecule has 2 aromatic heterocycles. The first-order valence-electron chi connectivity index (χ1n) is 10.6. The second-order valence-electron chi connectivity index (χ2n) is 8.31. The highest BCUT2D eigenvalue weighted by Gasteiger charge is 2.26. The lowest BCUT2D eigenvalue weighted by Crippen LogP contribution is -2.42. The molecule has 0 spiro atoms. The predicted octanol–water partition coefficient (Wildman–Crippen LogP) is 1.28. The van der Waals surface area contributed by atoms with Gasteiger partial charge in [0.1, 0.15) is 5.65 Å². The Balaban J connectivity index is 1.62. The molecular weight excluding hydrogens is 406 g/mol. The zero-order valence-electron chi connectivity index (χ0n) is 17.2. The summed E-state index contributed by atoms with van der Waals surface area (Å²) < 4.78 is 26.7. The Hall–Kier alpha value is -2.04. The molecule has 4 rings (SSSR count). The Labute approximate surface area is 176 Å². The summed E-state index contributed by atoms with van der Waals surface area (Å²) in [6.07, 6.45) is 8.74. The minimum atomic E-state index is -3.16. The van der Waals surface area contributed by atoms with Gasteiger partial charge >= 0.3 is 0 Å². The fraction of sp³-hybridized carbons (Fsp3) is 0.650. The highest BCUT2D eigenvalue weighted by Crippen LogP contribution is 2.31. The van der Waals surface area contributed by atoms with Gasteiger partial charge in [-0.25, -0.2) is 17.7 Å². The summed E-state index contributed by atoms with van der Waals surface area (Å²) in [7, 11) is -3.16. The van der Waals surface area contributed by atoms with E-state index in [1.54, 1.807) is 16.8 Å². The number of piperidine rings is 1. The minimum Gasteiger partial charge on any atom is -0.396 e. The fourth-order valence-electron chi connectivity index (χ4n) is 4.56. The summed E-state index contributed by atoms with van der Waals surface area (Å²) in [6.45, 7) is 0.876. The van der Waals surface area contributed by atoms with E-state index in [0.29, 0.717) is 49.5 Å². The molecule has 9 nitrogen and oxygen atoms in total. The van der Waals surface area contributed by atoms with Crippen LogP contribution in [0, 0.1) is 0 Å². The van der Waals surface area contributed by atoms with Crippen molar-refractivity contribution < 1.29 is 13.5 Å². The molecule has 2 aromatic rings. The van der Waals surface area contributed by atoms with Gasteiger partial charge in [-0.3, -0.25) is 9.36 Å². The van der Waals surface area contributed by atoms with E-state index in [4.69, 9.17) is 4.98 Å². The molecule has 1 aliphatic heterocycles. The Morgan fingerprint density at radius 1 is 1.20 bits per heavy atom. The number of rotatable bonds is 6. The van der Waals surface area contributed by atoms with Gasteiger partial charge in [0.05, 0.1) is 6.26 Å². The van der Waals surface area contributed by atoms with Crippen molar-refractivity contribution >= 4 is 27.0 Å². The van der Waals surface area contributed by atoms with Gasteiger partial charge in [0, 0.05) is 55.3 Å². The first-order chi connectivity index (χ1) is 14.4. The van der Waals surface area contributed by atoms with Crippen molar-refractivity contribution in [3.8, 4) is 0 Å². The first-order valence-corrected chi connectivity index (χ1v) is 12.5. The van der Waals surface area contributed by atoms with Crippen LogP contribution in [0.15, 0.2) is 17.1 Å². The lowest BCUT2D eigenvalue weighted by molar-refractivity contribution is 0.298. The molecule has 10 heteroatoms. The third kappa shape index (κ3) is 4.35. The number of hydrogen-bond acceptors (Lipinski definition) is 7. The number of nitrogens with zero attached hydrogens (tertiary/aromatic N) is 4. The largest absolute Gasteiger partial charge is 0.396 e. The third-order valence-electron chi connectivity index (χ3n) is 6.17. The zero-order valence-corrected chi connectivity index (χ0v) is 18.1. The minimum absolute atomic E-state index is 0.0713. The van der Waals surface area contributed by atoms with Crippen LogP contribution in [0.1, 0.15) is 50.1 Å². The van der Waals surface area contributed by atoms with Gasteiger partial charge in [-0.1, -0.05) is 12.8 Å². The number of nitrogens with one attached hydrogen (secondary N) is 1. The van der Waals surface area contributed by atoms with Gasteiger partial charge in [-0.05, 0) is 31.7 Å². The number of aliphatic hydroxyl groups excluding tert-OH is 1. The maximum absolute atomic E-state index is 13.1. The molecule has 2 N–H and O–H groups in total. The Bertz CT molecular complexity index is 1070. The van der Waals surface area contributed by atoms with E-state index in [1.165, 1.54) is 10.6 Å². The van der Waals surface area contributed by atoms with Crippen molar-refractivity contribution in [1.82, 2.24) is 18.8 Å². The number of anilines is 1. The van der Waals surface area contributed by atoms with Gasteiger partial charge in [0.25, 0.3) is 5.56 Å². The molecule has 0 amide bonds. The summed E-state index contributed by atoms with van der Waals surface area (Å²) >= 11 is 0. The SMILES string of the molecule is CS(=O)(=O)N1CCC(Nc2ncc3cc(CCO)c(=O)n(C4CCCC4)c3n2)CC1. The van der Waals surface area contributed by atoms with Crippen LogP contribution >= 0.6 is 0 Å². The number of hydrogen-bond donors (Lipinski definition) is 2. The van der Waals surface area contributed by atoms with Crippen LogP contribution < -0.4 is 10.9 Å². The van der Waals surface area contributed by atoms with E-state index in [-0.39, 0.29) is 24.2 Å². The molecule has 0 aromatic carbocycles. The summed E-state index contributed by atoms with van der Waals surface area (Å²) in [5, 5.41) is 13.5. The van der Waals surface area contributed by atoms with Gasteiger partial charge < -0.3 is 10.4 Å². The van der Waals surface area contributed by atoms with Crippen molar-refractivity contribution in [3.05, 3.63) is 28.2 Å². The summed E-state index contributed by atoms with van der Waals surface area (Å²) in [5.74, 6) is 0.460. The Morgan fingerprint density at radius 2 is 1.90 bits per heavy atom. The molecule has 2 fully saturated rings. The zero-order chi connectivity index (χ0) is 21.3. The molecule has 1 saturated carbocycles. The number of aromatic nitrogens is 3. The highest BCUT2D eigenvalue weighted by molar-refractivity contribution is 7.88. The van der Waals surface area contributed by atoms with Gasteiger partial charge in [-0.15, -0.1) is 0 Å². The molecule has 1 saturated heterocycles. The van der Waals surface area contributed by atoms with E-state index < -0.39 is 10.0 Å². The van der Waals surface area contributed by atoms with Crippen LogP contribution in [0.25, 0.3) is 11.0 Å². The average molecular weight is 436 g/mol. The Morgan fingerprint density at radius 3 is 2.53 bits per heavy atom. The number of pyridine rings is 1. The third-order valence-corrected chi connectivity index (χ3v) is 7.48. The maximum atomic E-state index is 13.1. The van der Waals surface area contributed by atoms with Crippen LogP contribution in [0.2, 0.25) is 0 Å². The van der Waals surface area contributed by atoms with Crippen molar-refractivity contribution in [2.75, 3.05) is 31.3 Å². The van der Waals surface area contributed by atoms with Crippen LogP contribution in [0.3, 0.4) is 0 Å². The van der Waals surface area contributed by atoms with Crippen LogP contribution in [0.5, 0.6) is 0 Å². The number of sulfonamides is 1. The highest BCUT2D eigenvalue weighted by atomic mass is 32.2. The van der Waals surface area contributed by atoms with Crippen molar-refractivity contribution in [3.63, 3.8) is 0 Å². The Kier molecular flexibility index (Phi) is 6.08. The van der Waals surface area contributed by atoms with E-state index in [9.17, 15) is 18.3 Å². The van der Waals surface area contributed by atoms with E-state index in [0.717, 1.165) is 31.1 Å². The van der Waals surface area contributed by atoms with Gasteiger partial charge in [0.2, 0.25) is 16.0 Å². The first kappa shape index (κ1) is 21.2. The molecule has 0 bridgehead atoms. The molecule has 0 unspecified atom stereocenters. The number of fused-ring (bicyclic) bond motifs is 1. The number of aliphatic hydroxyl groups is 1. The quantitative estimate of drug-likeness (QED) is 0.702. The molecule has 0 radical (unpaired) electrons. The molecular formula is C20H29N5O4S. The van der Waals surface area contributed by atoms with Gasteiger partial charge in [-0.2, -0.15) is 4.98 Å². The molecule has 164 valence electrons. The van der Waals surface area contributed by atoms with Gasteiger partial charge in [0.15, 0.2) is 0 Å². The lowest BCUT2D eigenvalue weighted by Gasteiger charge is -2.30. The summed E-state index contributed by atoms with van der Waals surface area (Å²) in [5.41, 5.74) is 1.14. The fourth-order valence-corrected chi connectivity index (χ4v) is 5.44. The molecule has 2 aliphatic rings. The van der Waals surface area contributed by atoms with Crippen molar-refractivity contribution in [2.45, 2.75) is 57.0 Å². The summed E-state index contributed by atoms with van der Waals surface area (Å²) in [4.78, 5) is 22.2. The van der Waals surface area contributed by atoms with Crippen molar-refractivity contribution in [1.29, 1.82) is 0 Å². The topological polar surface area (TPSA) is 117 Å². The van der Waals surface area contributed by atoms with E-state index in [1.807, 2.05) is 0 Å². The normalized spacial score (nSPS) is 19.5. The lowest BCUT2D eigenvalue weighted by atomic mass is 10.1. The standard InChI is InChI=1S/C20H29N5O4S/c1-30(28,29)24-9-6-16(7-10-24)22-20-21-13-15-12-14(8-11-26)19(27)25(18(15)23-20)17-4-2-3-5-17/h12-13,16-17,26H,2-11H2,1H3,(H,21,22,23). The average Bonchev–Trinajstić information content (AvgIpc) is 3.23. The maximum Gasteiger partial charge on any atom is 0.255 e. The molecule has 0 atom stereocenters. The second-order valence-corrected chi connectivity index (χ2v) is 10.3.